The van der Waals surface area contributed by atoms with E-state index in [2.05, 4.69) is 4.98 Å². The molecule has 2 aliphatic rings. The lowest BCUT2D eigenvalue weighted by atomic mass is 9.98. The fourth-order valence-corrected chi connectivity index (χ4v) is 4.07. The first-order valence-electron chi connectivity index (χ1n) is 9.31. The van der Waals surface area contributed by atoms with Crippen LogP contribution in [0.15, 0.2) is 15.7 Å². The Kier molecular flexibility index (Phi) is 4.79. The lowest BCUT2D eigenvalue weighted by Gasteiger charge is -2.25. The number of methoxy groups -OCH3 is 1. The molecule has 3 atom stereocenters. The number of alkyl halides is 4. The van der Waals surface area contributed by atoms with Gasteiger partial charge in [-0.05, 0) is 18.9 Å². The van der Waals surface area contributed by atoms with Gasteiger partial charge in [0.2, 0.25) is 0 Å². The first-order chi connectivity index (χ1) is 14.0. The van der Waals surface area contributed by atoms with Gasteiger partial charge in [0.1, 0.15) is 23.4 Å². The Morgan fingerprint density at radius 3 is 2.50 bits per heavy atom. The summed E-state index contributed by atoms with van der Waals surface area (Å²) in [5, 5.41) is -0.140. The number of nitrogens with one attached hydrogen (secondary N) is 1. The molecule has 1 aliphatic carbocycles. The minimum absolute atomic E-state index is 0.0316. The molecule has 7 nitrogen and oxygen atoms in total. The van der Waals surface area contributed by atoms with E-state index in [0.29, 0.717) is 12.8 Å². The van der Waals surface area contributed by atoms with Crippen molar-refractivity contribution in [1.29, 1.82) is 0 Å². The number of halogens is 5. The van der Waals surface area contributed by atoms with Crippen LogP contribution in [-0.2, 0) is 0 Å². The summed E-state index contributed by atoms with van der Waals surface area (Å²) in [7, 11) is 1.18. The van der Waals surface area contributed by atoms with E-state index in [-0.39, 0.29) is 28.4 Å². The third kappa shape index (κ3) is 3.22. The first kappa shape index (κ1) is 20.6. The molecule has 2 aromatic rings. The van der Waals surface area contributed by atoms with E-state index in [1.807, 2.05) is 0 Å². The van der Waals surface area contributed by atoms with E-state index in [9.17, 15) is 31.5 Å². The van der Waals surface area contributed by atoms with Crippen molar-refractivity contribution in [1.82, 2.24) is 9.55 Å². The van der Waals surface area contributed by atoms with E-state index >= 15 is 0 Å². The molecule has 3 N–H and O–H groups in total. The third-order valence-corrected chi connectivity index (χ3v) is 5.67. The smallest absolute Gasteiger partial charge is 0.404 e. The third-order valence-electron chi connectivity index (χ3n) is 5.67. The Balaban J connectivity index is 1.88. The van der Waals surface area contributed by atoms with Crippen molar-refractivity contribution in [3.8, 4) is 5.75 Å². The largest absolute Gasteiger partial charge is 0.492 e. The van der Waals surface area contributed by atoms with Crippen molar-refractivity contribution in [2.75, 3.05) is 25.1 Å². The summed E-state index contributed by atoms with van der Waals surface area (Å²) in [5.74, 6) is -2.78. The molecule has 0 bridgehead atoms. The van der Waals surface area contributed by atoms with Crippen molar-refractivity contribution in [2.24, 2.45) is 11.7 Å². The molecule has 2 fully saturated rings. The second-order valence-corrected chi connectivity index (χ2v) is 7.65. The number of aromatic nitrogens is 2. The molecule has 164 valence electrons. The van der Waals surface area contributed by atoms with Crippen molar-refractivity contribution >= 4 is 16.6 Å². The summed E-state index contributed by atoms with van der Waals surface area (Å²) in [6, 6.07) is -1.75. The zero-order valence-corrected chi connectivity index (χ0v) is 15.8. The van der Waals surface area contributed by atoms with Gasteiger partial charge in [-0.2, -0.15) is 13.2 Å². The maximum Gasteiger partial charge on any atom is 0.404 e. The molecule has 30 heavy (non-hydrogen) atoms. The van der Waals surface area contributed by atoms with Crippen molar-refractivity contribution in [3.63, 3.8) is 0 Å². The van der Waals surface area contributed by atoms with Crippen molar-refractivity contribution in [3.05, 3.63) is 32.7 Å². The number of rotatable bonds is 4. The predicted octanol–water partition coefficient (Wildman–Crippen LogP) is 1.84. The fourth-order valence-electron chi connectivity index (χ4n) is 4.07. The highest BCUT2D eigenvalue weighted by Crippen LogP contribution is 2.44. The van der Waals surface area contributed by atoms with Crippen LogP contribution in [0.2, 0.25) is 0 Å². The van der Waals surface area contributed by atoms with Crippen molar-refractivity contribution < 1.29 is 26.7 Å². The van der Waals surface area contributed by atoms with Crippen LogP contribution in [0.25, 0.3) is 10.9 Å². The topological polar surface area (TPSA) is 93.3 Å². The first-order valence-corrected chi connectivity index (χ1v) is 9.31. The van der Waals surface area contributed by atoms with E-state index in [0.717, 1.165) is 11.0 Å². The van der Waals surface area contributed by atoms with Crippen LogP contribution in [-0.4, -0.2) is 48.1 Å². The average Bonchev–Trinajstić information content (AvgIpc) is 3.41. The molecule has 3 unspecified atom stereocenters. The van der Waals surface area contributed by atoms with E-state index in [4.69, 9.17) is 10.5 Å². The van der Waals surface area contributed by atoms with Crippen LogP contribution < -0.4 is 26.6 Å². The molecule has 12 heteroatoms. The van der Waals surface area contributed by atoms with Crippen LogP contribution in [0.5, 0.6) is 5.75 Å². The number of ether oxygens (including phenoxy) is 1. The maximum absolute atomic E-state index is 15.0. The lowest BCUT2D eigenvalue weighted by Crippen LogP contribution is -2.47. The van der Waals surface area contributed by atoms with Crippen LogP contribution in [0, 0.1) is 11.7 Å². The number of benzene rings is 1. The molecule has 1 aromatic carbocycles. The maximum atomic E-state index is 15.0. The summed E-state index contributed by atoms with van der Waals surface area (Å²) >= 11 is 0. The summed E-state index contributed by atoms with van der Waals surface area (Å²) < 4.78 is 75.0. The predicted molar refractivity (Wildman–Crippen MR) is 98.2 cm³/mol. The molecule has 4 rings (SSSR count). The lowest BCUT2D eigenvalue weighted by molar-refractivity contribution is -0.161. The molecule has 0 radical (unpaired) electrons. The zero-order valence-electron chi connectivity index (χ0n) is 15.8. The molecule has 1 saturated heterocycles. The van der Waals surface area contributed by atoms with Crippen LogP contribution >= 0.6 is 0 Å². The molecule has 0 amide bonds. The number of nitrogens with zero attached hydrogens (tertiary/aromatic N) is 2. The van der Waals surface area contributed by atoms with Gasteiger partial charge in [0.05, 0.1) is 12.5 Å². The summed E-state index contributed by atoms with van der Waals surface area (Å²) in [4.78, 5) is 27.8. The second-order valence-electron chi connectivity index (χ2n) is 7.65. The number of aromatic amines is 1. The molecule has 1 aromatic heterocycles. The number of H-pyrrole nitrogens is 1. The van der Waals surface area contributed by atoms with Crippen LogP contribution in [0.4, 0.5) is 27.6 Å². The Bertz CT molecular complexity index is 1110. The van der Waals surface area contributed by atoms with Gasteiger partial charge in [0.25, 0.3) is 5.56 Å². The number of anilines is 1. The standard InChI is InChI=1S/C18H19F5N4O3/c1-30-14-12-8(16(28)25-17(29)27(12)7-2-3-7)4-10(19)13(14)26-5-9(11(20)6-26)15(24)18(21,22)23/h4,7,9,11,15H,2-3,5-6,24H2,1H3,(H,25,28,29). The normalized spacial score (nSPS) is 23.2. The Labute approximate surface area is 166 Å². The molecule has 0 spiro atoms. The molecule has 1 aliphatic heterocycles. The molecule has 1 saturated carbocycles. The van der Waals surface area contributed by atoms with Gasteiger partial charge in [0, 0.05) is 25.0 Å². The number of hydrogen-bond acceptors (Lipinski definition) is 5. The van der Waals surface area contributed by atoms with Gasteiger partial charge in [-0.3, -0.25) is 14.3 Å². The Morgan fingerprint density at radius 1 is 1.27 bits per heavy atom. The van der Waals surface area contributed by atoms with Gasteiger partial charge in [-0.15, -0.1) is 0 Å². The van der Waals surface area contributed by atoms with Gasteiger partial charge in [0.15, 0.2) is 11.6 Å². The Hall–Kier alpha value is -2.63. The number of nitrogens with two attached hydrogens (primary N) is 1. The highest BCUT2D eigenvalue weighted by molar-refractivity contribution is 5.91. The fraction of sp³-hybridized carbons (Fsp3) is 0.556. The van der Waals surface area contributed by atoms with E-state index < -0.39 is 54.5 Å². The van der Waals surface area contributed by atoms with Gasteiger partial charge >= 0.3 is 11.9 Å². The molecular weight excluding hydrogens is 415 g/mol. The van der Waals surface area contributed by atoms with E-state index in [1.54, 1.807) is 0 Å². The number of hydrogen-bond donors (Lipinski definition) is 2. The second kappa shape index (κ2) is 6.96. The SMILES string of the molecule is COc1c(N2CC(F)C(C(N)C(F)(F)F)C2)c(F)cc2c(=O)[nH]c(=O)n(C3CC3)c12. The quantitative estimate of drug-likeness (QED) is 0.717. The number of fused-ring (bicyclic) bond motifs is 1. The molecular formula is C18H19F5N4O3. The van der Waals surface area contributed by atoms with Gasteiger partial charge in [-0.25, -0.2) is 13.6 Å². The van der Waals surface area contributed by atoms with Crippen molar-refractivity contribution in [2.45, 2.75) is 37.3 Å². The average molecular weight is 434 g/mol. The van der Waals surface area contributed by atoms with Gasteiger partial charge in [-0.1, -0.05) is 0 Å². The zero-order chi connectivity index (χ0) is 22.0. The van der Waals surface area contributed by atoms with Gasteiger partial charge < -0.3 is 15.4 Å². The van der Waals surface area contributed by atoms with Crippen LogP contribution in [0.3, 0.4) is 0 Å². The summed E-state index contributed by atoms with van der Waals surface area (Å²) in [6.07, 6.45) is -5.44. The molecule has 2 heterocycles. The minimum Gasteiger partial charge on any atom is -0.492 e. The summed E-state index contributed by atoms with van der Waals surface area (Å²) in [6.45, 7) is -1.04. The monoisotopic (exact) mass is 434 g/mol. The Morgan fingerprint density at radius 2 is 1.93 bits per heavy atom. The minimum atomic E-state index is -4.81. The highest BCUT2D eigenvalue weighted by atomic mass is 19.4. The van der Waals surface area contributed by atoms with Crippen LogP contribution in [0.1, 0.15) is 18.9 Å². The van der Waals surface area contributed by atoms with E-state index in [1.165, 1.54) is 11.7 Å². The summed E-state index contributed by atoms with van der Waals surface area (Å²) in [5.41, 5.74) is 3.40. The highest BCUT2D eigenvalue weighted by Gasteiger charge is 2.49.